The van der Waals surface area contributed by atoms with Gasteiger partial charge in [0.1, 0.15) is 5.75 Å². The van der Waals surface area contributed by atoms with Crippen molar-refractivity contribution in [2.75, 3.05) is 0 Å². The van der Waals surface area contributed by atoms with Crippen molar-refractivity contribution in [3.05, 3.63) is 60.7 Å². The normalized spacial score (nSPS) is 9.87. The summed E-state index contributed by atoms with van der Waals surface area (Å²) in [4.78, 5) is 0. The molecule has 1 nitrogen and oxygen atoms in total. The highest BCUT2D eigenvalue weighted by molar-refractivity contribution is 5.75. The second kappa shape index (κ2) is 4.01. The Morgan fingerprint density at radius 3 is 2.53 bits per heavy atom. The molecule has 15 heavy (non-hydrogen) atoms. The molecule has 2 rings (SSSR count). The van der Waals surface area contributed by atoms with Gasteiger partial charge in [0.2, 0.25) is 0 Å². The number of rotatable bonds is 2. The van der Waals surface area contributed by atoms with Gasteiger partial charge in [-0.05, 0) is 28.8 Å². The van der Waals surface area contributed by atoms with Gasteiger partial charge < -0.3 is 5.11 Å². The van der Waals surface area contributed by atoms with Crippen molar-refractivity contribution < 1.29 is 5.11 Å². The largest absolute Gasteiger partial charge is 0.508 e. The predicted molar refractivity (Wildman–Crippen MR) is 62.3 cm³/mol. The molecule has 0 atom stereocenters. The summed E-state index contributed by atoms with van der Waals surface area (Å²) in [6, 6.07) is 14.9. The van der Waals surface area contributed by atoms with E-state index in [1.54, 1.807) is 18.2 Å². The van der Waals surface area contributed by atoms with Gasteiger partial charge >= 0.3 is 0 Å². The van der Waals surface area contributed by atoms with Crippen molar-refractivity contribution >= 4 is 6.08 Å². The number of hydrogen-bond acceptors (Lipinski definition) is 1. The first kappa shape index (κ1) is 9.53. The lowest BCUT2D eigenvalue weighted by molar-refractivity contribution is 0.475. The van der Waals surface area contributed by atoms with Crippen LogP contribution in [0.15, 0.2) is 48.5 Å². The van der Waals surface area contributed by atoms with Gasteiger partial charge in [-0.2, -0.15) is 0 Å². The maximum absolute atomic E-state index is 9.40. The van der Waals surface area contributed by atoms with Crippen LogP contribution in [0, 0.1) is 6.58 Å². The van der Waals surface area contributed by atoms with Gasteiger partial charge in [0.05, 0.1) is 0 Å². The van der Waals surface area contributed by atoms with Crippen LogP contribution in [0.4, 0.5) is 0 Å². The van der Waals surface area contributed by atoms with Gasteiger partial charge in [0, 0.05) is 0 Å². The fraction of sp³-hybridized carbons (Fsp3) is 0. The lowest BCUT2D eigenvalue weighted by Gasteiger charge is -2.05. The molecule has 0 saturated heterocycles. The number of phenolic OH excluding ortho intramolecular Hbond substituents is 1. The molecule has 0 aromatic heterocycles. The van der Waals surface area contributed by atoms with Crippen LogP contribution in [0.25, 0.3) is 17.2 Å². The molecule has 2 aromatic carbocycles. The SMILES string of the molecule is [CH]=Cc1ccccc1-c1cccc(O)c1. The average molecular weight is 195 g/mol. The topological polar surface area (TPSA) is 20.2 Å². The summed E-state index contributed by atoms with van der Waals surface area (Å²) in [5.41, 5.74) is 2.95. The highest BCUT2D eigenvalue weighted by Crippen LogP contribution is 2.26. The molecule has 0 amide bonds. The van der Waals surface area contributed by atoms with Crippen molar-refractivity contribution in [2.24, 2.45) is 0 Å². The van der Waals surface area contributed by atoms with Gasteiger partial charge in [-0.25, -0.2) is 0 Å². The van der Waals surface area contributed by atoms with Gasteiger partial charge in [-0.3, -0.25) is 0 Å². The van der Waals surface area contributed by atoms with E-state index in [0.717, 1.165) is 16.7 Å². The van der Waals surface area contributed by atoms with Crippen LogP contribution in [-0.2, 0) is 0 Å². The third kappa shape index (κ3) is 1.91. The summed E-state index contributed by atoms with van der Waals surface area (Å²) in [5, 5.41) is 9.40. The Kier molecular flexibility index (Phi) is 2.55. The van der Waals surface area contributed by atoms with Gasteiger partial charge in [0.15, 0.2) is 0 Å². The van der Waals surface area contributed by atoms with E-state index in [1.807, 2.05) is 36.4 Å². The average Bonchev–Trinajstić information content (AvgIpc) is 2.29. The molecule has 73 valence electrons. The number of hydrogen-bond donors (Lipinski definition) is 1. The fourth-order valence-corrected chi connectivity index (χ4v) is 1.58. The molecule has 0 bridgehead atoms. The summed E-state index contributed by atoms with van der Waals surface area (Å²) in [6.07, 6.45) is 1.57. The molecule has 0 aliphatic heterocycles. The molecule has 0 heterocycles. The second-order valence-electron chi connectivity index (χ2n) is 3.30. The maximum Gasteiger partial charge on any atom is 0.116 e. The second-order valence-corrected chi connectivity index (χ2v) is 3.30. The van der Waals surface area contributed by atoms with E-state index in [1.165, 1.54) is 0 Å². The first-order chi connectivity index (χ1) is 7.31. The van der Waals surface area contributed by atoms with Crippen LogP contribution >= 0.6 is 0 Å². The van der Waals surface area contributed by atoms with Crippen molar-refractivity contribution in [1.29, 1.82) is 0 Å². The third-order valence-corrected chi connectivity index (χ3v) is 2.30. The van der Waals surface area contributed by atoms with E-state index < -0.39 is 0 Å². The number of phenols is 1. The number of benzene rings is 2. The highest BCUT2D eigenvalue weighted by atomic mass is 16.3. The summed E-state index contributed by atoms with van der Waals surface area (Å²) in [7, 11) is 0. The standard InChI is InChI=1S/C14H11O/c1-2-11-6-3-4-9-14(11)12-7-5-8-13(15)10-12/h1-10,15H. The molecule has 0 saturated carbocycles. The van der Waals surface area contributed by atoms with Crippen LogP contribution in [0.2, 0.25) is 0 Å². The first-order valence-corrected chi connectivity index (χ1v) is 4.74. The minimum absolute atomic E-state index is 0.263. The van der Waals surface area contributed by atoms with Crippen LogP contribution in [0.5, 0.6) is 5.75 Å². The van der Waals surface area contributed by atoms with E-state index in [9.17, 15) is 5.11 Å². The van der Waals surface area contributed by atoms with Crippen LogP contribution in [-0.4, -0.2) is 5.11 Å². The summed E-state index contributed by atoms with van der Waals surface area (Å²) >= 11 is 0. The Bertz CT molecular complexity index is 486. The zero-order valence-corrected chi connectivity index (χ0v) is 8.22. The summed E-state index contributed by atoms with van der Waals surface area (Å²) < 4.78 is 0. The molecule has 1 radical (unpaired) electrons. The third-order valence-electron chi connectivity index (χ3n) is 2.30. The molecular weight excluding hydrogens is 184 g/mol. The minimum Gasteiger partial charge on any atom is -0.508 e. The van der Waals surface area contributed by atoms with Crippen LogP contribution < -0.4 is 0 Å². The Labute approximate surface area is 89.3 Å². The summed E-state index contributed by atoms with van der Waals surface area (Å²) in [6.45, 7) is 5.54. The zero-order valence-electron chi connectivity index (χ0n) is 8.22. The molecule has 0 unspecified atom stereocenters. The molecular formula is C14H11O. The molecule has 1 heteroatoms. The van der Waals surface area contributed by atoms with Gasteiger partial charge in [0.25, 0.3) is 0 Å². The molecule has 0 aliphatic carbocycles. The summed E-state index contributed by atoms with van der Waals surface area (Å²) in [5.74, 6) is 0.263. The van der Waals surface area contributed by atoms with Gasteiger partial charge in [-0.15, -0.1) is 0 Å². The van der Waals surface area contributed by atoms with Crippen molar-refractivity contribution in [2.45, 2.75) is 0 Å². The Morgan fingerprint density at radius 2 is 1.80 bits per heavy atom. The minimum atomic E-state index is 0.263. The van der Waals surface area contributed by atoms with Crippen molar-refractivity contribution in [3.63, 3.8) is 0 Å². The van der Waals surface area contributed by atoms with E-state index >= 15 is 0 Å². The molecule has 0 aliphatic rings. The Morgan fingerprint density at radius 1 is 1.00 bits per heavy atom. The van der Waals surface area contributed by atoms with E-state index in [2.05, 4.69) is 0 Å². The van der Waals surface area contributed by atoms with Crippen LogP contribution in [0.3, 0.4) is 0 Å². The lowest BCUT2D eigenvalue weighted by Crippen LogP contribution is -1.81. The smallest absolute Gasteiger partial charge is 0.116 e. The molecule has 0 spiro atoms. The lowest BCUT2D eigenvalue weighted by atomic mass is 10.00. The van der Waals surface area contributed by atoms with Crippen LogP contribution in [0.1, 0.15) is 5.56 Å². The van der Waals surface area contributed by atoms with Crippen molar-refractivity contribution in [3.8, 4) is 16.9 Å². The first-order valence-electron chi connectivity index (χ1n) is 4.74. The maximum atomic E-state index is 9.40. The molecule has 1 N–H and O–H groups in total. The van der Waals surface area contributed by atoms with E-state index in [4.69, 9.17) is 6.58 Å². The monoisotopic (exact) mass is 195 g/mol. The Balaban J connectivity index is 2.58. The van der Waals surface area contributed by atoms with E-state index in [0.29, 0.717) is 0 Å². The predicted octanol–water partition coefficient (Wildman–Crippen LogP) is 3.51. The van der Waals surface area contributed by atoms with Crippen molar-refractivity contribution in [1.82, 2.24) is 0 Å². The van der Waals surface area contributed by atoms with E-state index in [-0.39, 0.29) is 5.75 Å². The van der Waals surface area contributed by atoms with Gasteiger partial charge in [-0.1, -0.05) is 49.1 Å². The number of aromatic hydroxyl groups is 1. The molecule has 2 aromatic rings. The highest BCUT2D eigenvalue weighted by Gasteiger charge is 2.01. The zero-order chi connectivity index (χ0) is 10.7. The fourth-order valence-electron chi connectivity index (χ4n) is 1.58. The molecule has 0 fully saturated rings. The quantitative estimate of drug-likeness (QED) is 0.777. The Hall–Kier alpha value is -2.02.